The fraction of sp³-hybridized carbons (Fsp3) is 0.582. The zero-order chi connectivity index (χ0) is 61.4. The number of nitrogens with two attached hydrogens (primary N) is 2. The zero-order valence-electron chi connectivity index (χ0n) is 47.5. The predicted molar refractivity (Wildman–Crippen MR) is 304 cm³/mol. The molecular weight excluding hydrogens is 1080 g/mol. The van der Waals surface area contributed by atoms with E-state index in [0.29, 0.717) is 5.56 Å². The maximum absolute atomic E-state index is 15.0. The molecule has 28 nitrogen and oxygen atoms in total. The van der Waals surface area contributed by atoms with E-state index in [1.54, 1.807) is 64.1 Å². The van der Waals surface area contributed by atoms with Gasteiger partial charge in [0.25, 0.3) is 0 Å². The normalized spacial score (nSPS) is 24.7. The summed E-state index contributed by atoms with van der Waals surface area (Å²) >= 11 is 0. The number of alkyl carbamates (subject to hydrolysis) is 1. The topological polar surface area (TPSA) is 446 Å². The number of benzene rings is 2. The van der Waals surface area contributed by atoms with Crippen LogP contribution in [0, 0.1) is 17.8 Å². The van der Waals surface area contributed by atoms with Gasteiger partial charge in [0.1, 0.15) is 54.9 Å². The Bertz CT molecular complexity index is 2500. The molecule has 1 aliphatic heterocycles. The number of hydrogen-bond acceptors (Lipinski definition) is 16. The molecule has 3 rings (SSSR count). The Hall–Kier alpha value is -7.95. The van der Waals surface area contributed by atoms with Crippen LogP contribution in [0.25, 0.3) is 0 Å². The van der Waals surface area contributed by atoms with Crippen LogP contribution in [0.1, 0.15) is 106 Å². The highest BCUT2D eigenvalue weighted by Gasteiger charge is 2.41. The highest BCUT2D eigenvalue weighted by molar-refractivity contribution is 5.99. The summed E-state index contributed by atoms with van der Waals surface area (Å²) in [5.41, 5.74) is 11.7. The Morgan fingerprint density at radius 1 is 0.639 bits per heavy atom. The minimum Gasteiger partial charge on any atom is -0.445 e. The average molecular weight is 1170 g/mol. The number of aliphatic hydroxyl groups excluding tert-OH is 4. The lowest BCUT2D eigenvalue weighted by Crippen LogP contribution is -2.64. The number of nitrogens with zero attached hydrogens (tertiary/aromatic N) is 1. The Morgan fingerprint density at radius 2 is 1.14 bits per heavy atom. The second kappa shape index (κ2) is 35.1. The SMILES string of the molecule is C.CC[C@H](C)[C@@H]1NC(=O)[C@@H](CCCN=C(N)N)NC(=O)[C@H](CC(C)C)NC(=O)[C@H]([C@H](O)C(C)C)NC(=O)[C@@H](NC(=O)OCc2ccccc2)[C@@H](c2ccccc2)NC(=O)[C@H](CO)NC(=O)C([C@H](C)O)NC(=O)CNC(=O)[C@H]([C@H](C)O)NC1=O. The standard InChI is InChI=1S/C54H83N13O15.CH4/c1-9-29(6)38-49(77)64-39(30(7)69)48(76)58-24-37(71)62-40(31(8)70)50(78)61-36(25-68)47(75)65-41(33-19-14-11-15-20-33)42(67-54(81)82-26-32-17-12-10-13-18-32)51(79)66-43(44(72)28(4)5)52(80)60-35(23-27(2)3)46(74)59-34(45(73)63-38)21-16-22-57-53(55)56;/h10-15,17-20,27-31,34-36,38-44,68-70,72H,9,16,21-26H2,1-8H3,(H,58,76)(H,59,74)(H,60,80)(H,61,78)(H,62,71)(H,63,73)(H,64,77)(H,65,75)(H,66,79)(H,67,81)(H4,55,56,57);1H4/t29-,30-,31-,34+,35-,36-,38-,39-,40?,41+,42-,43-,44+;/m0./s1. The first-order valence-electron chi connectivity index (χ1n) is 27.1. The van der Waals surface area contributed by atoms with E-state index in [1.807, 2.05) is 0 Å². The molecule has 1 aliphatic rings. The van der Waals surface area contributed by atoms with Gasteiger partial charge >= 0.3 is 6.09 Å². The minimum absolute atomic E-state index is 0. The van der Waals surface area contributed by atoms with Crippen molar-refractivity contribution in [3.63, 3.8) is 0 Å². The summed E-state index contributed by atoms with van der Waals surface area (Å²) in [6.07, 6.45) is -6.08. The highest BCUT2D eigenvalue weighted by atomic mass is 16.5. The van der Waals surface area contributed by atoms with Gasteiger partial charge in [-0.2, -0.15) is 0 Å². The summed E-state index contributed by atoms with van der Waals surface area (Å²) in [6, 6.07) is 0.556. The lowest BCUT2D eigenvalue weighted by Gasteiger charge is -2.33. The second-order valence-electron chi connectivity index (χ2n) is 20.8. The third-order valence-corrected chi connectivity index (χ3v) is 13.3. The molecule has 0 aliphatic carbocycles. The zero-order valence-corrected chi connectivity index (χ0v) is 47.5. The molecule has 2 aromatic carbocycles. The molecule has 13 atom stereocenters. The molecule has 1 unspecified atom stereocenters. The van der Waals surface area contributed by atoms with Crippen molar-refractivity contribution in [3.05, 3.63) is 71.8 Å². The molecule has 18 N–H and O–H groups in total. The van der Waals surface area contributed by atoms with Crippen LogP contribution in [0.5, 0.6) is 0 Å². The van der Waals surface area contributed by atoms with Crippen molar-refractivity contribution in [2.75, 3.05) is 19.7 Å². The van der Waals surface area contributed by atoms with Crippen molar-refractivity contribution in [1.82, 2.24) is 53.2 Å². The fourth-order valence-corrected chi connectivity index (χ4v) is 8.38. The number of guanidine groups is 1. The summed E-state index contributed by atoms with van der Waals surface area (Å²) in [4.78, 5) is 145. The third kappa shape index (κ3) is 23.1. The lowest BCUT2D eigenvalue weighted by atomic mass is 9.94. The van der Waals surface area contributed by atoms with Gasteiger partial charge < -0.3 is 89.8 Å². The number of ether oxygens (including phenoxy) is 1. The van der Waals surface area contributed by atoms with Crippen LogP contribution < -0.4 is 64.6 Å². The van der Waals surface area contributed by atoms with Crippen LogP contribution in [0.4, 0.5) is 4.79 Å². The van der Waals surface area contributed by atoms with Crippen molar-refractivity contribution in [2.45, 2.75) is 168 Å². The molecule has 0 radical (unpaired) electrons. The molecule has 28 heteroatoms. The fourth-order valence-electron chi connectivity index (χ4n) is 8.38. The molecular formula is C55H87N13O15. The van der Waals surface area contributed by atoms with E-state index in [4.69, 9.17) is 16.2 Å². The number of hydrogen-bond donors (Lipinski definition) is 16. The molecule has 2 aromatic rings. The van der Waals surface area contributed by atoms with Crippen molar-refractivity contribution >= 4 is 65.2 Å². The molecule has 0 aromatic heterocycles. The summed E-state index contributed by atoms with van der Waals surface area (Å²) in [7, 11) is 0. The molecule has 1 saturated heterocycles. The number of carbonyl (C=O) groups is 10. The predicted octanol–water partition coefficient (Wildman–Crippen LogP) is -2.79. The molecule has 0 saturated carbocycles. The van der Waals surface area contributed by atoms with Crippen molar-refractivity contribution in [3.8, 4) is 0 Å². The summed E-state index contributed by atoms with van der Waals surface area (Å²) in [6.45, 7) is 9.77. The first-order valence-corrected chi connectivity index (χ1v) is 27.1. The minimum atomic E-state index is -1.96. The Morgan fingerprint density at radius 3 is 1.70 bits per heavy atom. The largest absolute Gasteiger partial charge is 0.445 e. The average Bonchev–Trinajstić information content (AvgIpc) is 3.61. The molecule has 462 valence electrons. The first kappa shape index (κ1) is 71.2. The maximum Gasteiger partial charge on any atom is 0.408 e. The molecule has 83 heavy (non-hydrogen) atoms. The number of nitrogens with one attached hydrogen (secondary N) is 10. The van der Waals surface area contributed by atoms with Crippen molar-refractivity contribution < 1.29 is 73.1 Å². The van der Waals surface area contributed by atoms with Gasteiger partial charge in [0.2, 0.25) is 53.2 Å². The van der Waals surface area contributed by atoms with Gasteiger partial charge in [0.15, 0.2) is 5.96 Å². The van der Waals surface area contributed by atoms with Gasteiger partial charge in [-0.3, -0.25) is 48.1 Å². The van der Waals surface area contributed by atoms with E-state index in [1.165, 1.54) is 45.0 Å². The third-order valence-electron chi connectivity index (χ3n) is 13.3. The van der Waals surface area contributed by atoms with Crippen molar-refractivity contribution in [2.24, 2.45) is 34.2 Å². The number of aliphatic hydroxyl groups is 4. The van der Waals surface area contributed by atoms with Crippen LogP contribution in [-0.4, -0.2) is 172 Å². The monoisotopic (exact) mass is 1170 g/mol. The Labute approximate surface area is 483 Å². The summed E-state index contributed by atoms with van der Waals surface area (Å²) < 4.78 is 5.47. The van der Waals surface area contributed by atoms with Crippen molar-refractivity contribution in [1.29, 1.82) is 0 Å². The van der Waals surface area contributed by atoms with Crippen LogP contribution in [0.2, 0.25) is 0 Å². The molecule has 10 amide bonds. The quantitative estimate of drug-likeness (QED) is 0.0433. The van der Waals surface area contributed by atoms with Gasteiger partial charge in [-0.05, 0) is 62.0 Å². The maximum atomic E-state index is 15.0. The van der Waals surface area contributed by atoms with E-state index in [-0.39, 0.29) is 63.7 Å². The lowest BCUT2D eigenvalue weighted by molar-refractivity contribution is -0.138. The number of aliphatic imine (C=N–C) groups is 1. The Balaban J connectivity index is 0.0000235. The first-order chi connectivity index (χ1) is 38.7. The van der Waals surface area contributed by atoms with Gasteiger partial charge in [-0.15, -0.1) is 0 Å². The van der Waals surface area contributed by atoms with Crippen LogP contribution in [0.15, 0.2) is 65.7 Å². The Kier molecular flexibility index (Phi) is 30.1. The van der Waals surface area contributed by atoms with Gasteiger partial charge in [0.05, 0.1) is 37.5 Å². The smallest absolute Gasteiger partial charge is 0.408 e. The van der Waals surface area contributed by atoms with Crippen LogP contribution >= 0.6 is 0 Å². The molecule has 0 spiro atoms. The number of rotatable bonds is 17. The second-order valence-corrected chi connectivity index (χ2v) is 20.8. The molecule has 0 bridgehead atoms. The number of carbonyl (C=O) groups excluding carboxylic acids is 10. The highest BCUT2D eigenvalue weighted by Crippen LogP contribution is 2.21. The molecule has 1 heterocycles. The van der Waals surface area contributed by atoms with E-state index < -0.39 is 157 Å². The van der Waals surface area contributed by atoms with Gasteiger partial charge in [0, 0.05) is 6.54 Å². The van der Waals surface area contributed by atoms with Crippen LogP contribution in [0.3, 0.4) is 0 Å². The van der Waals surface area contributed by atoms with E-state index in [9.17, 15) is 68.4 Å². The van der Waals surface area contributed by atoms with Crippen LogP contribution in [-0.2, 0) is 54.5 Å². The van der Waals surface area contributed by atoms with E-state index in [2.05, 4.69) is 58.2 Å². The number of amides is 10. The summed E-state index contributed by atoms with van der Waals surface area (Å²) in [5.74, 6) is -11.7. The van der Waals surface area contributed by atoms with Gasteiger partial charge in [-0.25, -0.2) is 4.79 Å². The van der Waals surface area contributed by atoms with E-state index >= 15 is 0 Å². The van der Waals surface area contributed by atoms with E-state index in [0.717, 1.165) is 6.92 Å². The molecule has 1 fully saturated rings. The summed E-state index contributed by atoms with van der Waals surface area (Å²) in [5, 5.41) is 68.1. The van der Waals surface area contributed by atoms with Gasteiger partial charge in [-0.1, -0.05) is 116 Å².